The van der Waals surface area contributed by atoms with E-state index in [-0.39, 0.29) is 5.91 Å². The van der Waals surface area contributed by atoms with E-state index in [0.29, 0.717) is 18.1 Å². The summed E-state index contributed by atoms with van der Waals surface area (Å²) in [4.78, 5) is 12.2. The molecule has 6 heteroatoms. The molecule has 1 aromatic heterocycles. The van der Waals surface area contributed by atoms with E-state index in [9.17, 15) is 4.79 Å². The van der Waals surface area contributed by atoms with Crippen LogP contribution in [0.15, 0.2) is 12.1 Å². The summed E-state index contributed by atoms with van der Waals surface area (Å²) in [7, 11) is 0. The minimum Gasteiger partial charge on any atom is -0.289 e. The second-order valence-corrected chi connectivity index (χ2v) is 4.45. The molecule has 0 unspecified atom stereocenters. The van der Waals surface area contributed by atoms with Crippen LogP contribution in [0.1, 0.15) is 34.0 Å². The zero-order valence-corrected chi connectivity index (χ0v) is 11.6. The highest BCUT2D eigenvalue weighted by Crippen LogP contribution is 2.18. The van der Waals surface area contributed by atoms with Crippen molar-refractivity contribution in [2.24, 2.45) is 0 Å². The van der Waals surface area contributed by atoms with Gasteiger partial charge in [0.15, 0.2) is 0 Å². The van der Waals surface area contributed by atoms with Gasteiger partial charge in [-0.3, -0.25) is 10.1 Å². The quantitative estimate of drug-likeness (QED) is 0.913. The van der Waals surface area contributed by atoms with Gasteiger partial charge in [0.2, 0.25) is 5.95 Å². The van der Waals surface area contributed by atoms with Crippen LogP contribution in [0, 0.1) is 20.8 Å². The molecule has 0 saturated carbocycles. The van der Waals surface area contributed by atoms with Gasteiger partial charge in [0, 0.05) is 12.1 Å². The molecule has 0 atom stereocenters. The van der Waals surface area contributed by atoms with Crippen molar-refractivity contribution in [1.29, 1.82) is 0 Å². The van der Waals surface area contributed by atoms with Crippen LogP contribution in [-0.4, -0.2) is 26.1 Å². The highest BCUT2D eigenvalue weighted by atomic mass is 16.1. The van der Waals surface area contributed by atoms with Crippen molar-refractivity contribution < 1.29 is 4.79 Å². The SMILES string of the molecule is CCn1nnnc1NC(=O)c1ccc(C)c(C)c1C. The second-order valence-electron chi connectivity index (χ2n) is 4.45. The van der Waals surface area contributed by atoms with Gasteiger partial charge in [-0.2, -0.15) is 0 Å². The highest BCUT2D eigenvalue weighted by Gasteiger charge is 2.14. The van der Waals surface area contributed by atoms with Gasteiger partial charge in [-0.1, -0.05) is 11.2 Å². The maximum atomic E-state index is 12.2. The maximum Gasteiger partial charge on any atom is 0.258 e. The number of nitrogens with one attached hydrogen (secondary N) is 1. The summed E-state index contributed by atoms with van der Waals surface area (Å²) in [5.41, 5.74) is 3.93. The van der Waals surface area contributed by atoms with Crippen molar-refractivity contribution in [3.05, 3.63) is 34.4 Å². The summed E-state index contributed by atoms with van der Waals surface area (Å²) in [6, 6.07) is 3.77. The molecule has 0 saturated heterocycles. The van der Waals surface area contributed by atoms with Crippen molar-refractivity contribution in [1.82, 2.24) is 20.2 Å². The van der Waals surface area contributed by atoms with E-state index in [1.54, 1.807) is 0 Å². The first-order valence-corrected chi connectivity index (χ1v) is 6.19. The topological polar surface area (TPSA) is 72.7 Å². The Bertz CT molecular complexity index is 617. The molecule has 2 aromatic rings. The Labute approximate surface area is 111 Å². The van der Waals surface area contributed by atoms with Crippen LogP contribution < -0.4 is 5.32 Å². The van der Waals surface area contributed by atoms with Gasteiger partial charge in [0.25, 0.3) is 5.91 Å². The largest absolute Gasteiger partial charge is 0.289 e. The zero-order valence-electron chi connectivity index (χ0n) is 11.6. The number of tetrazole rings is 1. The molecule has 1 aromatic carbocycles. The van der Waals surface area contributed by atoms with Gasteiger partial charge in [0.1, 0.15) is 0 Å². The number of benzene rings is 1. The molecular formula is C13H17N5O. The number of nitrogens with zero attached hydrogens (tertiary/aromatic N) is 4. The molecule has 0 fully saturated rings. The molecule has 19 heavy (non-hydrogen) atoms. The monoisotopic (exact) mass is 259 g/mol. The van der Waals surface area contributed by atoms with Crippen molar-refractivity contribution in [2.45, 2.75) is 34.2 Å². The summed E-state index contributed by atoms with van der Waals surface area (Å²) in [5.74, 6) is 0.176. The van der Waals surface area contributed by atoms with Gasteiger partial charge < -0.3 is 0 Å². The summed E-state index contributed by atoms with van der Waals surface area (Å²) < 4.78 is 1.54. The maximum absolute atomic E-state index is 12.2. The van der Waals surface area contributed by atoms with Gasteiger partial charge in [0.05, 0.1) is 0 Å². The molecule has 0 bridgehead atoms. The third-order valence-corrected chi connectivity index (χ3v) is 3.36. The van der Waals surface area contributed by atoms with E-state index in [0.717, 1.165) is 11.1 Å². The third-order valence-electron chi connectivity index (χ3n) is 3.36. The summed E-state index contributed by atoms with van der Waals surface area (Å²) in [6.45, 7) is 8.50. The van der Waals surface area contributed by atoms with E-state index in [1.807, 2.05) is 39.8 Å². The number of hydrogen-bond donors (Lipinski definition) is 1. The van der Waals surface area contributed by atoms with Crippen LogP contribution in [0.25, 0.3) is 0 Å². The number of rotatable bonds is 3. The molecule has 6 nitrogen and oxygen atoms in total. The van der Waals surface area contributed by atoms with E-state index in [2.05, 4.69) is 20.8 Å². The van der Waals surface area contributed by atoms with Gasteiger partial charge >= 0.3 is 0 Å². The predicted molar refractivity (Wildman–Crippen MR) is 72.1 cm³/mol. The van der Waals surface area contributed by atoms with E-state index in [1.165, 1.54) is 10.2 Å². The predicted octanol–water partition coefficient (Wildman–Crippen LogP) is 1.87. The number of hydrogen-bond acceptors (Lipinski definition) is 4. The van der Waals surface area contributed by atoms with Crippen molar-refractivity contribution in [3.8, 4) is 0 Å². The molecule has 1 heterocycles. The molecular weight excluding hydrogens is 242 g/mol. The van der Waals surface area contributed by atoms with E-state index in [4.69, 9.17) is 0 Å². The van der Waals surface area contributed by atoms with E-state index < -0.39 is 0 Å². The molecule has 0 aliphatic heterocycles. The number of aryl methyl sites for hydroxylation is 2. The molecule has 0 aliphatic carbocycles. The van der Waals surface area contributed by atoms with Crippen LogP contribution in [0.5, 0.6) is 0 Å². The lowest BCUT2D eigenvalue weighted by Gasteiger charge is -2.11. The Kier molecular flexibility index (Phi) is 3.59. The van der Waals surface area contributed by atoms with Gasteiger partial charge in [-0.05, 0) is 60.9 Å². The van der Waals surface area contributed by atoms with Crippen LogP contribution in [-0.2, 0) is 6.54 Å². The van der Waals surface area contributed by atoms with Gasteiger partial charge in [-0.25, -0.2) is 4.68 Å². The summed E-state index contributed by atoms with van der Waals surface area (Å²) >= 11 is 0. The molecule has 0 spiro atoms. The standard InChI is InChI=1S/C13H17N5O/c1-5-18-13(15-16-17-18)14-12(19)11-7-6-8(2)9(3)10(11)4/h6-7H,5H2,1-4H3,(H,14,15,17,19). The van der Waals surface area contributed by atoms with Gasteiger partial charge in [-0.15, -0.1) is 0 Å². The summed E-state index contributed by atoms with van der Waals surface area (Å²) in [6.07, 6.45) is 0. The first kappa shape index (κ1) is 13.2. The number of aromatic nitrogens is 4. The van der Waals surface area contributed by atoms with Crippen LogP contribution in [0.2, 0.25) is 0 Å². The number of carbonyl (C=O) groups excluding carboxylic acids is 1. The van der Waals surface area contributed by atoms with E-state index >= 15 is 0 Å². The molecule has 1 N–H and O–H groups in total. The fourth-order valence-corrected chi connectivity index (χ4v) is 1.88. The molecule has 0 radical (unpaired) electrons. The Morgan fingerprint density at radius 3 is 2.68 bits per heavy atom. The number of amides is 1. The lowest BCUT2D eigenvalue weighted by atomic mass is 9.98. The van der Waals surface area contributed by atoms with Crippen LogP contribution in [0.3, 0.4) is 0 Å². The lowest BCUT2D eigenvalue weighted by molar-refractivity contribution is 0.102. The Balaban J connectivity index is 2.28. The molecule has 0 aliphatic rings. The van der Waals surface area contributed by atoms with Crippen LogP contribution in [0.4, 0.5) is 5.95 Å². The highest BCUT2D eigenvalue weighted by molar-refractivity contribution is 6.04. The van der Waals surface area contributed by atoms with Crippen molar-refractivity contribution in [2.75, 3.05) is 5.32 Å². The average molecular weight is 259 g/mol. The fourth-order valence-electron chi connectivity index (χ4n) is 1.88. The lowest BCUT2D eigenvalue weighted by Crippen LogP contribution is -2.17. The zero-order chi connectivity index (χ0) is 14.0. The van der Waals surface area contributed by atoms with Crippen molar-refractivity contribution in [3.63, 3.8) is 0 Å². The average Bonchev–Trinajstić information content (AvgIpc) is 2.83. The Morgan fingerprint density at radius 2 is 2.00 bits per heavy atom. The second kappa shape index (κ2) is 5.17. The molecule has 2 rings (SSSR count). The molecule has 100 valence electrons. The normalized spacial score (nSPS) is 10.5. The Hall–Kier alpha value is -2.24. The van der Waals surface area contributed by atoms with Crippen LogP contribution >= 0.6 is 0 Å². The smallest absolute Gasteiger partial charge is 0.258 e. The minimum absolute atomic E-state index is 0.190. The third kappa shape index (κ3) is 2.47. The number of anilines is 1. The first-order chi connectivity index (χ1) is 9.04. The first-order valence-electron chi connectivity index (χ1n) is 6.19. The molecule has 1 amide bonds. The minimum atomic E-state index is -0.190. The number of carbonyl (C=O) groups is 1. The fraction of sp³-hybridized carbons (Fsp3) is 0.385. The summed E-state index contributed by atoms with van der Waals surface area (Å²) in [5, 5.41) is 13.8. The Morgan fingerprint density at radius 1 is 1.26 bits per heavy atom. The van der Waals surface area contributed by atoms with Crippen molar-refractivity contribution >= 4 is 11.9 Å².